The molecule has 20 heavy (non-hydrogen) atoms. The maximum Gasteiger partial charge on any atom is 0.323 e. The minimum absolute atomic E-state index is 0.190. The van der Waals surface area contributed by atoms with Crippen molar-refractivity contribution in [1.82, 2.24) is 14.7 Å². The van der Waals surface area contributed by atoms with Crippen molar-refractivity contribution in [3.05, 3.63) is 0 Å². The van der Waals surface area contributed by atoms with Crippen molar-refractivity contribution in [1.29, 1.82) is 0 Å². The van der Waals surface area contributed by atoms with E-state index in [1.165, 1.54) is 4.90 Å². The highest BCUT2D eigenvalue weighted by Gasteiger charge is 2.36. The predicted octanol–water partition coefficient (Wildman–Crippen LogP) is -0.540. The van der Waals surface area contributed by atoms with Crippen LogP contribution in [0.25, 0.3) is 0 Å². The van der Waals surface area contributed by atoms with Gasteiger partial charge in [-0.3, -0.25) is 9.59 Å². The number of urea groups is 1. The smallest absolute Gasteiger partial charge is 0.323 e. The number of carboxylic acids is 2. The van der Waals surface area contributed by atoms with Crippen LogP contribution in [0.1, 0.15) is 6.92 Å². The lowest BCUT2D eigenvalue weighted by Crippen LogP contribution is -2.47. The van der Waals surface area contributed by atoms with Gasteiger partial charge < -0.3 is 24.9 Å². The van der Waals surface area contributed by atoms with Crippen LogP contribution in [0.15, 0.2) is 0 Å². The molecule has 1 rings (SSSR count). The predicted molar refractivity (Wildman–Crippen MR) is 70.5 cm³/mol. The van der Waals surface area contributed by atoms with Gasteiger partial charge in [0.05, 0.1) is 0 Å². The van der Waals surface area contributed by atoms with E-state index in [1.807, 2.05) is 25.9 Å². The molecule has 0 aromatic heterocycles. The second-order valence-electron chi connectivity index (χ2n) is 5.34. The molecule has 0 radical (unpaired) electrons. The van der Waals surface area contributed by atoms with E-state index in [-0.39, 0.29) is 12.0 Å². The molecular formula is C12H21N3O5. The summed E-state index contributed by atoms with van der Waals surface area (Å²) >= 11 is 0. The van der Waals surface area contributed by atoms with Crippen molar-refractivity contribution in [2.24, 2.45) is 5.92 Å². The van der Waals surface area contributed by atoms with Crippen molar-refractivity contribution in [2.45, 2.75) is 13.0 Å². The molecule has 2 amide bonds. The van der Waals surface area contributed by atoms with E-state index >= 15 is 0 Å². The van der Waals surface area contributed by atoms with Gasteiger partial charge in [0.2, 0.25) is 0 Å². The van der Waals surface area contributed by atoms with E-state index in [9.17, 15) is 14.4 Å². The van der Waals surface area contributed by atoms with Crippen molar-refractivity contribution in [3.63, 3.8) is 0 Å². The molecule has 114 valence electrons. The Bertz CT molecular complexity index is 383. The van der Waals surface area contributed by atoms with Crippen LogP contribution >= 0.6 is 0 Å². The number of aliphatic carboxylic acids is 2. The summed E-state index contributed by atoms with van der Waals surface area (Å²) in [6.07, 6.45) is 0. The van der Waals surface area contributed by atoms with E-state index in [0.717, 1.165) is 4.90 Å². The first-order valence-corrected chi connectivity index (χ1v) is 6.36. The molecule has 2 unspecified atom stereocenters. The summed E-state index contributed by atoms with van der Waals surface area (Å²) in [5.74, 6) is -2.20. The Morgan fingerprint density at radius 2 is 1.60 bits per heavy atom. The number of nitrogens with zero attached hydrogens (tertiary/aromatic N) is 3. The Hall–Kier alpha value is -1.83. The van der Waals surface area contributed by atoms with Gasteiger partial charge >= 0.3 is 18.0 Å². The van der Waals surface area contributed by atoms with Gasteiger partial charge in [0.15, 0.2) is 0 Å². The van der Waals surface area contributed by atoms with Crippen LogP contribution in [0.4, 0.5) is 4.79 Å². The number of rotatable bonds is 5. The Labute approximate surface area is 117 Å². The van der Waals surface area contributed by atoms with Gasteiger partial charge in [-0.05, 0) is 20.0 Å². The zero-order chi connectivity index (χ0) is 15.4. The lowest BCUT2D eigenvalue weighted by atomic mass is 10.1. The maximum atomic E-state index is 12.2. The van der Waals surface area contributed by atoms with Gasteiger partial charge in [-0.2, -0.15) is 0 Å². The van der Waals surface area contributed by atoms with Gasteiger partial charge in [0, 0.05) is 19.1 Å². The standard InChI is InChI=1S/C12H21N3O5/c1-8-4-14(5-9(8)13(2)3)12(20)15(6-10(16)17)7-11(18)19/h8-9H,4-7H2,1-3H3,(H,16,17)(H,18,19). The highest BCUT2D eigenvalue weighted by molar-refractivity contribution is 5.84. The molecule has 8 heteroatoms. The van der Waals surface area contributed by atoms with Gasteiger partial charge in [0.25, 0.3) is 0 Å². The fourth-order valence-corrected chi connectivity index (χ4v) is 2.50. The van der Waals surface area contributed by atoms with Crippen molar-refractivity contribution >= 4 is 18.0 Å². The molecule has 2 atom stereocenters. The number of carboxylic acid groups (broad SMARTS) is 2. The molecule has 0 aliphatic carbocycles. The first kappa shape index (κ1) is 16.2. The highest BCUT2D eigenvalue weighted by Crippen LogP contribution is 2.21. The van der Waals surface area contributed by atoms with E-state index < -0.39 is 31.1 Å². The maximum absolute atomic E-state index is 12.2. The van der Waals surface area contributed by atoms with Crippen molar-refractivity contribution in [3.8, 4) is 0 Å². The SMILES string of the molecule is CC1CN(C(=O)N(CC(=O)O)CC(=O)O)CC1N(C)C. The summed E-state index contributed by atoms with van der Waals surface area (Å²) in [6, 6.07) is -0.346. The first-order valence-electron chi connectivity index (χ1n) is 6.36. The molecule has 0 aromatic carbocycles. The number of likely N-dealkylation sites (N-methyl/N-ethyl adjacent to an activating group) is 1. The number of hydrogen-bond acceptors (Lipinski definition) is 4. The van der Waals surface area contributed by atoms with E-state index in [2.05, 4.69) is 0 Å². The molecule has 1 heterocycles. The topological polar surface area (TPSA) is 101 Å². The van der Waals surface area contributed by atoms with Crippen molar-refractivity contribution in [2.75, 3.05) is 40.3 Å². The first-order chi connectivity index (χ1) is 9.22. The zero-order valence-corrected chi connectivity index (χ0v) is 11.9. The van der Waals surface area contributed by atoms with Crippen LogP contribution in [-0.4, -0.2) is 89.2 Å². The van der Waals surface area contributed by atoms with Crippen LogP contribution in [0.5, 0.6) is 0 Å². The molecule has 1 aliphatic rings. The van der Waals surface area contributed by atoms with Crippen LogP contribution < -0.4 is 0 Å². The largest absolute Gasteiger partial charge is 0.480 e. The molecule has 0 spiro atoms. The monoisotopic (exact) mass is 287 g/mol. The highest BCUT2D eigenvalue weighted by atomic mass is 16.4. The number of carbonyl (C=O) groups is 3. The zero-order valence-electron chi connectivity index (χ0n) is 11.9. The second kappa shape index (κ2) is 6.56. The van der Waals surface area contributed by atoms with Crippen LogP contribution in [0, 0.1) is 5.92 Å². The minimum Gasteiger partial charge on any atom is -0.480 e. The van der Waals surface area contributed by atoms with Crippen molar-refractivity contribution < 1.29 is 24.6 Å². The number of carbonyl (C=O) groups excluding carboxylic acids is 1. The second-order valence-corrected chi connectivity index (χ2v) is 5.34. The lowest BCUT2D eigenvalue weighted by Gasteiger charge is -2.26. The quantitative estimate of drug-likeness (QED) is 0.704. The molecule has 2 N–H and O–H groups in total. The minimum atomic E-state index is -1.23. The van der Waals surface area contributed by atoms with Gasteiger partial charge in [-0.15, -0.1) is 0 Å². The summed E-state index contributed by atoms with van der Waals surface area (Å²) in [7, 11) is 3.84. The molecule has 0 bridgehead atoms. The Morgan fingerprint density at radius 3 is 1.95 bits per heavy atom. The van der Waals surface area contributed by atoms with E-state index in [1.54, 1.807) is 0 Å². The molecule has 1 aliphatic heterocycles. The fourth-order valence-electron chi connectivity index (χ4n) is 2.50. The molecule has 1 saturated heterocycles. The summed E-state index contributed by atoms with van der Waals surface area (Å²) in [6.45, 7) is 1.77. The van der Waals surface area contributed by atoms with Crippen LogP contribution in [-0.2, 0) is 9.59 Å². The molecular weight excluding hydrogens is 266 g/mol. The summed E-state index contributed by atoms with van der Waals surface area (Å²) < 4.78 is 0. The number of likely N-dealkylation sites (tertiary alicyclic amines) is 1. The fraction of sp³-hybridized carbons (Fsp3) is 0.750. The van der Waals surface area contributed by atoms with Crippen LogP contribution in [0.3, 0.4) is 0 Å². The lowest BCUT2D eigenvalue weighted by molar-refractivity contribution is -0.140. The summed E-state index contributed by atoms with van der Waals surface area (Å²) in [5.41, 5.74) is 0. The number of amides is 2. The third-order valence-corrected chi connectivity index (χ3v) is 3.43. The Balaban J connectivity index is 2.75. The third kappa shape index (κ3) is 4.09. The normalized spacial score (nSPS) is 22.1. The average molecular weight is 287 g/mol. The molecule has 0 aromatic rings. The van der Waals surface area contributed by atoms with Crippen LogP contribution in [0.2, 0.25) is 0 Å². The Morgan fingerprint density at radius 1 is 1.10 bits per heavy atom. The van der Waals surface area contributed by atoms with Gasteiger partial charge in [-0.25, -0.2) is 4.79 Å². The average Bonchev–Trinajstić information content (AvgIpc) is 2.68. The van der Waals surface area contributed by atoms with E-state index in [0.29, 0.717) is 13.1 Å². The summed E-state index contributed by atoms with van der Waals surface area (Å²) in [4.78, 5) is 38.1. The Kier molecular flexibility index (Phi) is 5.32. The summed E-state index contributed by atoms with van der Waals surface area (Å²) in [5, 5.41) is 17.5. The third-order valence-electron chi connectivity index (χ3n) is 3.43. The van der Waals surface area contributed by atoms with Gasteiger partial charge in [0.1, 0.15) is 13.1 Å². The molecule has 8 nitrogen and oxygen atoms in total. The molecule has 0 saturated carbocycles. The van der Waals surface area contributed by atoms with Gasteiger partial charge in [-0.1, -0.05) is 6.92 Å². The molecule has 1 fully saturated rings. The number of hydrogen-bond donors (Lipinski definition) is 2. The van der Waals surface area contributed by atoms with E-state index in [4.69, 9.17) is 10.2 Å².